The summed E-state index contributed by atoms with van der Waals surface area (Å²) < 4.78 is 17.9. The van der Waals surface area contributed by atoms with Gasteiger partial charge in [0.05, 0.1) is 17.8 Å². The van der Waals surface area contributed by atoms with E-state index < -0.39 is 12.0 Å². The van der Waals surface area contributed by atoms with E-state index in [1.165, 1.54) is 30.6 Å². The largest absolute Gasteiger partial charge is 0.467 e. The lowest BCUT2D eigenvalue weighted by Gasteiger charge is -2.15. The lowest BCUT2D eigenvalue weighted by atomic mass is 10.2. The maximum absolute atomic E-state index is 13.1. The molecule has 1 N–H and O–H groups in total. The third kappa shape index (κ3) is 3.29. The Morgan fingerprint density at radius 2 is 2.32 bits per heavy atom. The third-order valence-corrected chi connectivity index (χ3v) is 3.30. The zero-order chi connectivity index (χ0) is 13.8. The summed E-state index contributed by atoms with van der Waals surface area (Å²) in [7, 11) is 1.31. The van der Waals surface area contributed by atoms with E-state index in [0.29, 0.717) is 11.4 Å². The number of hydrogen-bond donors (Lipinski definition) is 1. The Balaban J connectivity index is 2.26. The highest BCUT2D eigenvalue weighted by atomic mass is 32.1. The van der Waals surface area contributed by atoms with E-state index in [1.54, 1.807) is 17.5 Å². The van der Waals surface area contributed by atoms with Gasteiger partial charge in [-0.15, -0.1) is 11.3 Å². The molecule has 0 amide bonds. The minimum absolute atomic E-state index is 0.372. The van der Waals surface area contributed by atoms with Crippen LogP contribution in [0.1, 0.15) is 16.7 Å². The number of esters is 1. The molecule has 0 saturated carbocycles. The van der Waals surface area contributed by atoms with Crippen molar-refractivity contribution < 1.29 is 13.9 Å². The number of carbonyl (C=O) groups is 1. The standard InChI is InChI=1S/C13H13FN2O2S/c1-8-15-11(7-19-8)12(13(17)18-2)16-10-5-3-4-9(14)6-10/h3-7,12,16H,1-2H3. The number of nitrogens with zero attached hydrogens (tertiary/aromatic N) is 1. The second kappa shape index (κ2) is 5.79. The van der Waals surface area contributed by atoms with Crippen molar-refractivity contribution in [3.8, 4) is 0 Å². The molecular weight excluding hydrogens is 267 g/mol. The molecule has 100 valence electrons. The predicted octanol–water partition coefficient (Wildman–Crippen LogP) is 2.92. The molecule has 0 spiro atoms. The van der Waals surface area contributed by atoms with Gasteiger partial charge < -0.3 is 10.1 Å². The zero-order valence-corrected chi connectivity index (χ0v) is 11.3. The van der Waals surface area contributed by atoms with Crippen LogP contribution in [0.5, 0.6) is 0 Å². The fourth-order valence-corrected chi connectivity index (χ4v) is 2.27. The first-order valence-electron chi connectivity index (χ1n) is 5.62. The van der Waals surface area contributed by atoms with Gasteiger partial charge in [0.15, 0.2) is 6.04 Å². The Bertz CT molecular complexity index is 586. The second-order valence-corrected chi connectivity index (χ2v) is 4.96. The Kier molecular flexibility index (Phi) is 4.11. The van der Waals surface area contributed by atoms with Gasteiger partial charge in [0.25, 0.3) is 0 Å². The molecule has 2 rings (SSSR count). The van der Waals surface area contributed by atoms with E-state index in [2.05, 4.69) is 10.3 Å². The van der Waals surface area contributed by atoms with Gasteiger partial charge in [0, 0.05) is 11.1 Å². The molecule has 1 aromatic heterocycles. The van der Waals surface area contributed by atoms with Crippen LogP contribution in [0.2, 0.25) is 0 Å². The summed E-state index contributed by atoms with van der Waals surface area (Å²) in [6.07, 6.45) is 0. The molecule has 0 aliphatic heterocycles. The van der Waals surface area contributed by atoms with Crippen LogP contribution in [0, 0.1) is 12.7 Å². The van der Waals surface area contributed by atoms with Crippen LogP contribution >= 0.6 is 11.3 Å². The smallest absolute Gasteiger partial charge is 0.334 e. The van der Waals surface area contributed by atoms with Crippen molar-refractivity contribution in [3.63, 3.8) is 0 Å². The predicted molar refractivity (Wildman–Crippen MR) is 71.6 cm³/mol. The Hall–Kier alpha value is -1.95. The topological polar surface area (TPSA) is 51.2 Å². The van der Waals surface area contributed by atoms with Gasteiger partial charge in [-0.25, -0.2) is 14.2 Å². The molecule has 4 nitrogen and oxygen atoms in total. The summed E-state index contributed by atoms with van der Waals surface area (Å²) in [6.45, 7) is 1.85. The molecule has 0 fully saturated rings. The van der Waals surface area contributed by atoms with Crippen LogP contribution in [0.3, 0.4) is 0 Å². The van der Waals surface area contributed by atoms with Crippen LogP contribution in [0.4, 0.5) is 10.1 Å². The highest BCUT2D eigenvalue weighted by Gasteiger charge is 2.23. The van der Waals surface area contributed by atoms with Gasteiger partial charge in [-0.2, -0.15) is 0 Å². The normalized spacial score (nSPS) is 11.9. The SMILES string of the molecule is COC(=O)C(Nc1cccc(F)c1)c1csc(C)n1. The number of hydrogen-bond acceptors (Lipinski definition) is 5. The van der Waals surface area contributed by atoms with Crippen molar-refractivity contribution >= 4 is 23.0 Å². The van der Waals surface area contributed by atoms with E-state index in [4.69, 9.17) is 4.74 Å². The molecule has 0 bridgehead atoms. The van der Waals surface area contributed by atoms with Gasteiger partial charge >= 0.3 is 5.97 Å². The number of aromatic nitrogens is 1. The molecule has 19 heavy (non-hydrogen) atoms. The Morgan fingerprint density at radius 1 is 1.53 bits per heavy atom. The first-order valence-corrected chi connectivity index (χ1v) is 6.50. The Labute approximate surface area is 114 Å². The van der Waals surface area contributed by atoms with Crippen LogP contribution in [-0.4, -0.2) is 18.1 Å². The summed E-state index contributed by atoms with van der Waals surface area (Å²) in [5, 5.41) is 5.56. The van der Waals surface area contributed by atoms with Gasteiger partial charge in [-0.05, 0) is 25.1 Å². The lowest BCUT2D eigenvalue weighted by Crippen LogP contribution is -2.22. The molecule has 0 aliphatic rings. The number of halogens is 1. The second-order valence-electron chi connectivity index (χ2n) is 3.90. The average Bonchev–Trinajstić information content (AvgIpc) is 2.81. The van der Waals surface area contributed by atoms with Crippen molar-refractivity contribution in [3.05, 3.63) is 46.2 Å². The number of aryl methyl sites for hydroxylation is 1. The minimum Gasteiger partial charge on any atom is -0.467 e. The van der Waals surface area contributed by atoms with E-state index in [9.17, 15) is 9.18 Å². The summed E-state index contributed by atoms with van der Waals surface area (Å²) in [4.78, 5) is 16.1. The highest BCUT2D eigenvalue weighted by molar-refractivity contribution is 7.09. The van der Waals surface area contributed by atoms with Gasteiger partial charge in [-0.1, -0.05) is 6.07 Å². The van der Waals surface area contributed by atoms with Crippen molar-refractivity contribution in [1.82, 2.24) is 4.98 Å². The van der Waals surface area contributed by atoms with Crippen molar-refractivity contribution in [2.24, 2.45) is 0 Å². The Morgan fingerprint density at radius 3 is 2.89 bits per heavy atom. The quantitative estimate of drug-likeness (QED) is 0.875. The molecular formula is C13H13FN2O2S. The number of methoxy groups -OCH3 is 1. The monoisotopic (exact) mass is 280 g/mol. The summed E-state index contributed by atoms with van der Waals surface area (Å²) in [6, 6.07) is 5.16. The molecule has 0 saturated heterocycles. The zero-order valence-electron chi connectivity index (χ0n) is 10.5. The molecule has 1 aromatic carbocycles. The summed E-state index contributed by atoms with van der Waals surface area (Å²) in [5.74, 6) is -0.836. The molecule has 1 heterocycles. The van der Waals surface area contributed by atoms with Crippen LogP contribution in [0.15, 0.2) is 29.6 Å². The van der Waals surface area contributed by atoms with Crippen LogP contribution < -0.4 is 5.32 Å². The van der Waals surface area contributed by atoms with Gasteiger partial charge in [0.1, 0.15) is 5.82 Å². The van der Waals surface area contributed by atoms with E-state index >= 15 is 0 Å². The van der Waals surface area contributed by atoms with Crippen LogP contribution in [-0.2, 0) is 9.53 Å². The molecule has 6 heteroatoms. The van der Waals surface area contributed by atoms with E-state index in [1.807, 2.05) is 6.92 Å². The highest BCUT2D eigenvalue weighted by Crippen LogP contribution is 2.22. The first-order chi connectivity index (χ1) is 9.10. The number of rotatable bonds is 4. The van der Waals surface area contributed by atoms with Gasteiger partial charge in [-0.3, -0.25) is 0 Å². The van der Waals surface area contributed by atoms with Crippen molar-refractivity contribution in [2.45, 2.75) is 13.0 Å². The summed E-state index contributed by atoms with van der Waals surface area (Å²) in [5.41, 5.74) is 1.07. The van der Waals surface area contributed by atoms with Gasteiger partial charge in [0.2, 0.25) is 0 Å². The maximum Gasteiger partial charge on any atom is 0.334 e. The van der Waals surface area contributed by atoms with Crippen LogP contribution in [0.25, 0.3) is 0 Å². The third-order valence-electron chi connectivity index (χ3n) is 2.51. The molecule has 2 aromatic rings. The molecule has 0 radical (unpaired) electrons. The fourth-order valence-electron chi connectivity index (χ4n) is 1.63. The number of ether oxygens (including phenoxy) is 1. The first kappa shape index (κ1) is 13.5. The van der Waals surface area contributed by atoms with E-state index in [-0.39, 0.29) is 5.82 Å². The number of carbonyl (C=O) groups excluding carboxylic acids is 1. The number of nitrogens with one attached hydrogen (secondary N) is 1. The summed E-state index contributed by atoms with van der Waals surface area (Å²) >= 11 is 1.44. The van der Waals surface area contributed by atoms with Crippen molar-refractivity contribution in [2.75, 3.05) is 12.4 Å². The minimum atomic E-state index is -0.739. The average molecular weight is 280 g/mol. The lowest BCUT2D eigenvalue weighted by molar-refractivity contribution is -0.141. The number of thiazole rings is 1. The molecule has 1 atom stereocenters. The number of benzene rings is 1. The van der Waals surface area contributed by atoms with Crippen molar-refractivity contribution in [1.29, 1.82) is 0 Å². The fraction of sp³-hybridized carbons (Fsp3) is 0.231. The molecule has 0 aliphatic carbocycles. The maximum atomic E-state index is 13.1. The number of anilines is 1. The molecule has 1 unspecified atom stereocenters. The van der Waals surface area contributed by atoms with E-state index in [0.717, 1.165) is 5.01 Å².